The van der Waals surface area contributed by atoms with Gasteiger partial charge in [-0.15, -0.1) is 0 Å². The summed E-state index contributed by atoms with van der Waals surface area (Å²) in [4.78, 5) is 37.6. The lowest BCUT2D eigenvalue weighted by Crippen LogP contribution is -2.57. The van der Waals surface area contributed by atoms with E-state index in [1.807, 2.05) is 33.8 Å². The maximum absolute atomic E-state index is 14.2. The van der Waals surface area contributed by atoms with Crippen LogP contribution in [0.3, 0.4) is 0 Å². The molecule has 190 valence electrons. The molecule has 7 heteroatoms. The highest BCUT2D eigenvalue weighted by Gasteiger charge is 2.59. The number of hydrogen-bond acceptors (Lipinski definition) is 5. The molecule has 1 aromatic carbocycles. The van der Waals surface area contributed by atoms with Crippen molar-refractivity contribution in [3.8, 4) is 5.75 Å². The number of methoxy groups -OCH3 is 1. The third kappa shape index (κ3) is 5.04. The molecule has 3 atom stereocenters. The van der Waals surface area contributed by atoms with Gasteiger partial charge in [0.1, 0.15) is 11.3 Å². The molecule has 7 nitrogen and oxygen atoms in total. The SMILES string of the molecule is COc1cc(C(=O)N2[C@@H](C(C)C)[C@@H](c3cnccn3)C[C@@]2(CC(C)C)C(=O)O)ccc1C(C)(C)C. The van der Waals surface area contributed by atoms with Gasteiger partial charge in [-0.3, -0.25) is 14.8 Å². The summed E-state index contributed by atoms with van der Waals surface area (Å²) < 4.78 is 5.65. The van der Waals surface area contributed by atoms with Gasteiger partial charge < -0.3 is 14.7 Å². The minimum absolute atomic E-state index is 0.00934. The van der Waals surface area contributed by atoms with Crippen molar-refractivity contribution in [1.82, 2.24) is 14.9 Å². The Balaban J connectivity index is 2.20. The number of rotatable bonds is 7. The number of hydrogen-bond donors (Lipinski definition) is 1. The Hall–Kier alpha value is -2.96. The van der Waals surface area contributed by atoms with Crippen molar-refractivity contribution in [1.29, 1.82) is 0 Å². The first kappa shape index (κ1) is 26.6. The molecule has 0 saturated carbocycles. The van der Waals surface area contributed by atoms with Crippen LogP contribution in [0, 0.1) is 11.8 Å². The number of likely N-dealkylation sites (tertiary alicyclic amines) is 1. The summed E-state index contributed by atoms with van der Waals surface area (Å²) in [7, 11) is 1.59. The summed E-state index contributed by atoms with van der Waals surface area (Å²) in [5.41, 5.74) is 0.618. The Morgan fingerprint density at radius 1 is 1.20 bits per heavy atom. The second-order valence-electron chi connectivity index (χ2n) is 11.5. The maximum atomic E-state index is 14.2. The predicted molar refractivity (Wildman–Crippen MR) is 136 cm³/mol. The van der Waals surface area contributed by atoms with E-state index in [0.717, 1.165) is 11.3 Å². The highest BCUT2D eigenvalue weighted by Crippen LogP contribution is 2.49. The Morgan fingerprint density at radius 2 is 1.89 bits per heavy atom. The van der Waals surface area contributed by atoms with Crippen molar-refractivity contribution < 1.29 is 19.4 Å². The third-order valence-corrected chi connectivity index (χ3v) is 6.99. The van der Waals surface area contributed by atoms with Gasteiger partial charge >= 0.3 is 5.97 Å². The van der Waals surface area contributed by atoms with Crippen LogP contribution >= 0.6 is 0 Å². The van der Waals surface area contributed by atoms with Crippen LogP contribution < -0.4 is 4.74 Å². The van der Waals surface area contributed by atoms with Crippen LogP contribution in [0.1, 0.15) is 88.8 Å². The number of carbonyl (C=O) groups excluding carboxylic acids is 1. The van der Waals surface area contributed by atoms with Crippen LogP contribution in [0.4, 0.5) is 0 Å². The number of aromatic nitrogens is 2. The Kier molecular flexibility index (Phi) is 7.58. The van der Waals surface area contributed by atoms with Crippen LogP contribution in [0.25, 0.3) is 0 Å². The number of benzene rings is 1. The van der Waals surface area contributed by atoms with Crippen molar-refractivity contribution in [3.63, 3.8) is 0 Å². The van der Waals surface area contributed by atoms with Gasteiger partial charge in [0, 0.05) is 36.1 Å². The van der Waals surface area contributed by atoms with Gasteiger partial charge in [-0.25, -0.2) is 4.79 Å². The number of nitrogens with zero attached hydrogens (tertiary/aromatic N) is 3. The highest BCUT2D eigenvalue weighted by molar-refractivity contribution is 5.99. The lowest BCUT2D eigenvalue weighted by molar-refractivity contribution is -0.150. The summed E-state index contributed by atoms with van der Waals surface area (Å²) in [6.45, 7) is 14.3. The monoisotopic (exact) mass is 481 g/mol. The zero-order chi connectivity index (χ0) is 26.1. The fraction of sp³-hybridized carbons (Fsp3) is 0.571. The highest BCUT2D eigenvalue weighted by atomic mass is 16.5. The average molecular weight is 482 g/mol. The zero-order valence-corrected chi connectivity index (χ0v) is 22.2. The number of aliphatic carboxylic acids is 1. The molecule has 0 radical (unpaired) electrons. The third-order valence-electron chi connectivity index (χ3n) is 6.99. The number of amides is 1. The molecule has 35 heavy (non-hydrogen) atoms. The zero-order valence-electron chi connectivity index (χ0n) is 22.2. The van der Waals surface area contributed by atoms with E-state index in [1.165, 1.54) is 0 Å². The average Bonchev–Trinajstić information content (AvgIpc) is 3.14. The minimum Gasteiger partial charge on any atom is -0.496 e. The van der Waals surface area contributed by atoms with Crippen molar-refractivity contribution >= 4 is 11.9 Å². The summed E-state index contributed by atoms with van der Waals surface area (Å²) in [6.07, 6.45) is 5.57. The van der Waals surface area contributed by atoms with E-state index >= 15 is 0 Å². The summed E-state index contributed by atoms with van der Waals surface area (Å²) in [6, 6.07) is 5.11. The van der Waals surface area contributed by atoms with Crippen molar-refractivity contribution in [3.05, 3.63) is 53.6 Å². The molecule has 2 aromatic rings. The second kappa shape index (κ2) is 9.96. The van der Waals surface area contributed by atoms with Gasteiger partial charge in [-0.1, -0.05) is 54.5 Å². The van der Waals surface area contributed by atoms with E-state index in [2.05, 4.69) is 30.7 Å². The molecule has 0 spiro atoms. The fourth-order valence-electron chi connectivity index (χ4n) is 5.64. The Bertz CT molecular complexity index is 1060. The van der Waals surface area contributed by atoms with Gasteiger partial charge in [0.25, 0.3) is 5.91 Å². The summed E-state index contributed by atoms with van der Waals surface area (Å²) >= 11 is 0. The lowest BCUT2D eigenvalue weighted by atomic mass is 9.82. The summed E-state index contributed by atoms with van der Waals surface area (Å²) in [5, 5.41) is 10.6. The Labute approximate surface area is 208 Å². The molecule has 2 heterocycles. The normalized spacial score (nSPS) is 22.6. The van der Waals surface area contributed by atoms with Gasteiger partial charge in [-0.2, -0.15) is 0 Å². The number of carboxylic acid groups (broad SMARTS) is 1. The van der Waals surface area contributed by atoms with Gasteiger partial charge in [0.2, 0.25) is 0 Å². The first-order valence-electron chi connectivity index (χ1n) is 12.3. The number of ether oxygens (including phenoxy) is 1. The molecule has 0 unspecified atom stereocenters. The molecule has 1 amide bonds. The molecule has 1 aliphatic heterocycles. The molecule has 3 rings (SSSR count). The predicted octanol–water partition coefficient (Wildman–Crippen LogP) is 5.31. The largest absolute Gasteiger partial charge is 0.496 e. The molecule has 1 saturated heterocycles. The van der Waals surface area contributed by atoms with Gasteiger partial charge in [0.15, 0.2) is 0 Å². The van der Waals surface area contributed by atoms with E-state index < -0.39 is 11.5 Å². The number of carboxylic acids is 1. The van der Waals surface area contributed by atoms with E-state index in [0.29, 0.717) is 24.2 Å². The van der Waals surface area contributed by atoms with Crippen LogP contribution in [0.15, 0.2) is 36.8 Å². The van der Waals surface area contributed by atoms with E-state index in [-0.39, 0.29) is 35.1 Å². The van der Waals surface area contributed by atoms with Crippen molar-refractivity contribution in [2.75, 3.05) is 7.11 Å². The molecule has 1 fully saturated rings. The van der Waals surface area contributed by atoms with Crippen LogP contribution in [-0.2, 0) is 10.2 Å². The molecular formula is C28H39N3O4. The lowest BCUT2D eigenvalue weighted by Gasteiger charge is -2.40. The topological polar surface area (TPSA) is 92.6 Å². The first-order chi connectivity index (χ1) is 16.3. The quantitative estimate of drug-likeness (QED) is 0.576. The van der Waals surface area contributed by atoms with E-state index in [9.17, 15) is 14.7 Å². The van der Waals surface area contributed by atoms with E-state index in [1.54, 1.807) is 42.7 Å². The molecule has 0 bridgehead atoms. The van der Waals surface area contributed by atoms with Crippen molar-refractivity contribution in [2.45, 2.75) is 84.2 Å². The van der Waals surface area contributed by atoms with E-state index in [4.69, 9.17) is 4.74 Å². The second-order valence-corrected chi connectivity index (χ2v) is 11.5. The smallest absolute Gasteiger partial charge is 0.329 e. The molecule has 1 aromatic heterocycles. The first-order valence-corrected chi connectivity index (χ1v) is 12.3. The standard InChI is InChI=1S/C28H39N3O4/c1-17(2)14-28(26(33)34)15-20(22-16-29-11-12-30-22)24(18(3)4)31(28)25(32)19-9-10-21(27(5,6)7)23(13-19)35-8/h9-13,16-18,20,24H,14-15H2,1-8H3,(H,33,34)/t20-,24+,28+/m1/s1. The van der Waals surface area contributed by atoms with Gasteiger partial charge in [0.05, 0.1) is 12.8 Å². The van der Waals surface area contributed by atoms with Crippen molar-refractivity contribution in [2.24, 2.45) is 11.8 Å². The Morgan fingerprint density at radius 3 is 2.37 bits per heavy atom. The van der Waals surface area contributed by atoms with Gasteiger partial charge in [-0.05, 0) is 47.8 Å². The molecule has 0 aliphatic carbocycles. The van der Waals surface area contributed by atoms with Crippen LogP contribution in [0.2, 0.25) is 0 Å². The molecular weight excluding hydrogens is 442 g/mol. The molecule has 1 N–H and O–H groups in total. The minimum atomic E-state index is -1.35. The maximum Gasteiger partial charge on any atom is 0.329 e. The van der Waals surface area contributed by atoms with Crippen LogP contribution in [-0.4, -0.2) is 50.5 Å². The van der Waals surface area contributed by atoms with Crippen LogP contribution in [0.5, 0.6) is 5.75 Å². The number of carbonyl (C=O) groups is 2. The fourth-order valence-corrected chi connectivity index (χ4v) is 5.64. The molecule has 1 aliphatic rings. The summed E-state index contributed by atoms with van der Waals surface area (Å²) in [5.74, 6) is -0.799.